The largest absolute Gasteiger partial charge is 0.389 e. The van der Waals surface area contributed by atoms with Gasteiger partial charge in [-0.15, -0.1) is 0 Å². The Bertz CT molecular complexity index is 537. The third-order valence-electron chi connectivity index (χ3n) is 3.13. The summed E-state index contributed by atoms with van der Waals surface area (Å²) in [6.45, 7) is 2.57. The molecule has 0 bridgehead atoms. The molecule has 19 heavy (non-hydrogen) atoms. The molecule has 0 spiro atoms. The van der Waals surface area contributed by atoms with Gasteiger partial charge in [-0.3, -0.25) is 0 Å². The molecule has 0 aliphatic heterocycles. The van der Waals surface area contributed by atoms with Gasteiger partial charge >= 0.3 is 0 Å². The average molecular weight is 276 g/mol. The SMILES string of the molecule is C[C@H](O)c1ccc(N(C)Cc2cccc(Cl)c2)cc1. The van der Waals surface area contributed by atoms with Gasteiger partial charge < -0.3 is 10.0 Å². The van der Waals surface area contributed by atoms with Crippen LogP contribution in [0.2, 0.25) is 5.02 Å². The van der Waals surface area contributed by atoms with Crippen molar-refractivity contribution < 1.29 is 5.11 Å². The standard InChI is InChI=1S/C16H18ClNO/c1-12(19)14-6-8-16(9-7-14)18(2)11-13-4-3-5-15(17)10-13/h3-10,12,19H,11H2,1-2H3/t12-/m0/s1. The monoisotopic (exact) mass is 275 g/mol. The van der Waals surface area contributed by atoms with Gasteiger partial charge in [0.15, 0.2) is 0 Å². The fourth-order valence-corrected chi connectivity index (χ4v) is 2.22. The van der Waals surface area contributed by atoms with E-state index in [0.717, 1.165) is 22.8 Å². The first-order valence-electron chi connectivity index (χ1n) is 6.30. The van der Waals surface area contributed by atoms with Crippen LogP contribution in [0.3, 0.4) is 0 Å². The van der Waals surface area contributed by atoms with Gasteiger partial charge in [0.2, 0.25) is 0 Å². The summed E-state index contributed by atoms with van der Waals surface area (Å²) in [6, 6.07) is 15.8. The maximum absolute atomic E-state index is 9.49. The van der Waals surface area contributed by atoms with E-state index in [4.69, 9.17) is 11.6 Å². The maximum atomic E-state index is 9.49. The molecule has 0 saturated heterocycles. The van der Waals surface area contributed by atoms with E-state index in [2.05, 4.69) is 11.0 Å². The predicted molar refractivity (Wildman–Crippen MR) is 80.6 cm³/mol. The van der Waals surface area contributed by atoms with Crippen LogP contribution < -0.4 is 4.90 Å². The molecule has 0 aromatic heterocycles. The molecule has 0 amide bonds. The van der Waals surface area contributed by atoms with Gasteiger partial charge in [-0.05, 0) is 42.3 Å². The molecule has 2 rings (SSSR count). The normalized spacial score (nSPS) is 12.2. The highest BCUT2D eigenvalue weighted by atomic mass is 35.5. The lowest BCUT2D eigenvalue weighted by Crippen LogP contribution is -2.16. The molecule has 0 heterocycles. The van der Waals surface area contributed by atoms with Crippen molar-refractivity contribution >= 4 is 17.3 Å². The zero-order valence-electron chi connectivity index (χ0n) is 11.2. The highest BCUT2D eigenvalue weighted by Gasteiger charge is 2.04. The number of halogens is 1. The zero-order valence-corrected chi connectivity index (χ0v) is 11.9. The van der Waals surface area contributed by atoms with Crippen molar-refractivity contribution in [1.82, 2.24) is 0 Å². The second-order valence-electron chi connectivity index (χ2n) is 4.75. The van der Waals surface area contributed by atoms with Crippen LogP contribution >= 0.6 is 11.6 Å². The van der Waals surface area contributed by atoms with Crippen LogP contribution in [0.1, 0.15) is 24.2 Å². The van der Waals surface area contributed by atoms with E-state index in [-0.39, 0.29) is 0 Å². The lowest BCUT2D eigenvalue weighted by Gasteiger charge is -2.20. The van der Waals surface area contributed by atoms with Gasteiger partial charge in [-0.2, -0.15) is 0 Å². The first-order chi connectivity index (χ1) is 9.06. The zero-order chi connectivity index (χ0) is 13.8. The molecule has 100 valence electrons. The van der Waals surface area contributed by atoms with Crippen LogP contribution in [-0.4, -0.2) is 12.2 Å². The second-order valence-corrected chi connectivity index (χ2v) is 5.19. The molecular weight excluding hydrogens is 258 g/mol. The van der Waals surface area contributed by atoms with Gasteiger partial charge in [-0.1, -0.05) is 35.9 Å². The Morgan fingerprint density at radius 3 is 2.42 bits per heavy atom. The quantitative estimate of drug-likeness (QED) is 0.911. The molecule has 1 N–H and O–H groups in total. The summed E-state index contributed by atoms with van der Waals surface area (Å²) >= 11 is 5.98. The molecule has 0 aliphatic carbocycles. The molecule has 0 aliphatic rings. The fourth-order valence-electron chi connectivity index (χ4n) is 2.01. The van der Waals surface area contributed by atoms with Crippen molar-refractivity contribution in [2.45, 2.75) is 19.6 Å². The van der Waals surface area contributed by atoms with E-state index in [1.807, 2.05) is 49.5 Å². The fraction of sp³-hybridized carbons (Fsp3) is 0.250. The molecule has 2 aromatic rings. The number of hydrogen-bond donors (Lipinski definition) is 1. The minimum Gasteiger partial charge on any atom is -0.389 e. The Hall–Kier alpha value is -1.51. The molecule has 3 heteroatoms. The van der Waals surface area contributed by atoms with Crippen molar-refractivity contribution in [2.24, 2.45) is 0 Å². The summed E-state index contributed by atoms with van der Waals surface area (Å²) in [5, 5.41) is 10.3. The number of nitrogens with zero attached hydrogens (tertiary/aromatic N) is 1. The van der Waals surface area contributed by atoms with Crippen LogP contribution in [0, 0.1) is 0 Å². The Morgan fingerprint density at radius 2 is 1.84 bits per heavy atom. The van der Waals surface area contributed by atoms with Crippen molar-refractivity contribution in [3.8, 4) is 0 Å². The van der Waals surface area contributed by atoms with Crippen LogP contribution in [0.15, 0.2) is 48.5 Å². The number of aliphatic hydroxyl groups is 1. The molecule has 2 aromatic carbocycles. The Kier molecular flexibility index (Phi) is 4.46. The number of rotatable bonds is 4. The van der Waals surface area contributed by atoms with Crippen molar-refractivity contribution in [3.05, 3.63) is 64.7 Å². The van der Waals surface area contributed by atoms with Crippen LogP contribution in [0.25, 0.3) is 0 Å². The average Bonchev–Trinajstić information content (AvgIpc) is 2.39. The first-order valence-corrected chi connectivity index (χ1v) is 6.67. The number of anilines is 1. The summed E-state index contributed by atoms with van der Waals surface area (Å²) in [7, 11) is 2.04. The van der Waals surface area contributed by atoms with E-state index in [1.54, 1.807) is 6.92 Å². The third kappa shape index (κ3) is 3.72. The van der Waals surface area contributed by atoms with Crippen molar-refractivity contribution in [2.75, 3.05) is 11.9 Å². The molecule has 0 unspecified atom stereocenters. The topological polar surface area (TPSA) is 23.5 Å². The lowest BCUT2D eigenvalue weighted by molar-refractivity contribution is 0.199. The third-order valence-corrected chi connectivity index (χ3v) is 3.36. The minimum atomic E-state index is -0.424. The number of hydrogen-bond acceptors (Lipinski definition) is 2. The highest BCUT2D eigenvalue weighted by Crippen LogP contribution is 2.20. The molecule has 1 atom stereocenters. The minimum absolute atomic E-state index is 0.424. The smallest absolute Gasteiger partial charge is 0.0761 e. The highest BCUT2D eigenvalue weighted by molar-refractivity contribution is 6.30. The van der Waals surface area contributed by atoms with Crippen LogP contribution in [0.4, 0.5) is 5.69 Å². The summed E-state index contributed by atoms with van der Waals surface area (Å²) < 4.78 is 0. The van der Waals surface area contributed by atoms with E-state index < -0.39 is 6.10 Å². The molecule has 2 nitrogen and oxygen atoms in total. The first kappa shape index (κ1) is 13.9. The number of aliphatic hydroxyl groups excluding tert-OH is 1. The molecule has 0 fully saturated rings. The summed E-state index contributed by atoms with van der Waals surface area (Å²) in [5.41, 5.74) is 3.22. The van der Waals surface area contributed by atoms with E-state index in [9.17, 15) is 5.11 Å². The van der Waals surface area contributed by atoms with Gasteiger partial charge in [0, 0.05) is 24.3 Å². The van der Waals surface area contributed by atoms with Crippen LogP contribution in [0.5, 0.6) is 0 Å². The Labute approximate surface area is 119 Å². The Balaban J connectivity index is 2.09. The second kappa shape index (κ2) is 6.09. The maximum Gasteiger partial charge on any atom is 0.0761 e. The summed E-state index contributed by atoms with van der Waals surface area (Å²) in [5.74, 6) is 0. The molecule has 0 radical (unpaired) electrons. The number of benzene rings is 2. The predicted octanol–water partition coefficient (Wildman–Crippen LogP) is 4.03. The Morgan fingerprint density at radius 1 is 1.16 bits per heavy atom. The summed E-state index contributed by atoms with van der Waals surface area (Å²) in [6.07, 6.45) is -0.424. The molecular formula is C16H18ClNO. The lowest BCUT2D eigenvalue weighted by atomic mass is 10.1. The van der Waals surface area contributed by atoms with E-state index in [1.165, 1.54) is 5.56 Å². The van der Waals surface area contributed by atoms with E-state index in [0.29, 0.717) is 0 Å². The van der Waals surface area contributed by atoms with Gasteiger partial charge in [0.1, 0.15) is 0 Å². The van der Waals surface area contributed by atoms with Gasteiger partial charge in [-0.25, -0.2) is 0 Å². The van der Waals surface area contributed by atoms with Crippen molar-refractivity contribution in [3.63, 3.8) is 0 Å². The summed E-state index contributed by atoms with van der Waals surface area (Å²) in [4.78, 5) is 2.15. The molecule has 0 saturated carbocycles. The van der Waals surface area contributed by atoms with Gasteiger partial charge in [0.25, 0.3) is 0 Å². The van der Waals surface area contributed by atoms with Gasteiger partial charge in [0.05, 0.1) is 6.10 Å². The van der Waals surface area contributed by atoms with Crippen LogP contribution in [-0.2, 0) is 6.54 Å². The van der Waals surface area contributed by atoms with Crippen molar-refractivity contribution in [1.29, 1.82) is 0 Å². The van der Waals surface area contributed by atoms with E-state index >= 15 is 0 Å².